The van der Waals surface area contributed by atoms with Crippen molar-refractivity contribution in [3.63, 3.8) is 0 Å². The van der Waals surface area contributed by atoms with Gasteiger partial charge in [0.25, 0.3) is 6.35 Å². The molecule has 102 valence electrons. The molecule has 1 aliphatic rings. The second kappa shape index (κ2) is 7.03. The Morgan fingerprint density at radius 1 is 1.28 bits per heavy atom. The van der Waals surface area contributed by atoms with Crippen molar-refractivity contribution < 1.29 is 14.3 Å². The lowest BCUT2D eigenvalue weighted by atomic mass is 10.2. The molecule has 0 bridgehead atoms. The smallest absolute Gasteiger partial charge is 0.309 e. The highest BCUT2D eigenvalue weighted by molar-refractivity contribution is 5.81. The predicted octanol–water partition coefficient (Wildman–Crippen LogP) is 1.70. The summed E-state index contributed by atoms with van der Waals surface area (Å²) < 4.78 is 5.38. The SMILES string of the molecule is CCCCN1C=CN(C)C1OC(=O)CCC(C)=O. The van der Waals surface area contributed by atoms with E-state index in [-0.39, 0.29) is 30.9 Å². The Bertz CT molecular complexity index is 328. The van der Waals surface area contributed by atoms with Crippen LogP contribution >= 0.6 is 0 Å². The fourth-order valence-corrected chi connectivity index (χ4v) is 1.70. The fourth-order valence-electron chi connectivity index (χ4n) is 1.70. The largest absolute Gasteiger partial charge is 0.422 e. The normalized spacial score (nSPS) is 18.3. The highest BCUT2D eigenvalue weighted by Gasteiger charge is 2.26. The van der Waals surface area contributed by atoms with Crippen molar-refractivity contribution in [1.82, 2.24) is 9.80 Å². The van der Waals surface area contributed by atoms with Crippen LogP contribution in [0.5, 0.6) is 0 Å². The summed E-state index contributed by atoms with van der Waals surface area (Å²) in [6.07, 6.45) is 6.01. The molecule has 5 nitrogen and oxygen atoms in total. The van der Waals surface area contributed by atoms with Crippen molar-refractivity contribution in [1.29, 1.82) is 0 Å². The van der Waals surface area contributed by atoms with Crippen LogP contribution in [0.15, 0.2) is 12.4 Å². The third kappa shape index (κ3) is 4.39. The molecule has 0 saturated carbocycles. The molecule has 0 spiro atoms. The average Bonchev–Trinajstić information content (AvgIpc) is 2.66. The van der Waals surface area contributed by atoms with Gasteiger partial charge in [0.2, 0.25) is 0 Å². The summed E-state index contributed by atoms with van der Waals surface area (Å²) in [6, 6.07) is 0. The van der Waals surface area contributed by atoms with E-state index in [2.05, 4.69) is 6.92 Å². The van der Waals surface area contributed by atoms with Crippen molar-refractivity contribution in [2.24, 2.45) is 0 Å². The van der Waals surface area contributed by atoms with Gasteiger partial charge in [-0.15, -0.1) is 0 Å². The highest BCUT2D eigenvalue weighted by Crippen LogP contribution is 2.16. The lowest BCUT2D eigenvalue weighted by Crippen LogP contribution is -2.40. The van der Waals surface area contributed by atoms with Gasteiger partial charge in [0.05, 0.1) is 6.42 Å². The first kappa shape index (κ1) is 14.5. The van der Waals surface area contributed by atoms with Gasteiger partial charge in [0.15, 0.2) is 0 Å². The Balaban J connectivity index is 2.42. The quantitative estimate of drug-likeness (QED) is 0.647. The molecule has 0 radical (unpaired) electrons. The van der Waals surface area contributed by atoms with E-state index in [0.717, 1.165) is 19.4 Å². The molecule has 1 unspecified atom stereocenters. The molecule has 1 aliphatic heterocycles. The van der Waals surface area contributed by atoms with Gasteiger partial charge in [-0.3, -0.25) is 4.79 Å². The number of hydrogen-bond donors (Lipinski definition) is 0. The Kier molecular flexibility index (Phi) is 5.68. The summed E-state index contributed by atoms with van der Waals surface area (Å²) in [7, 11) is 1.87. The molecule has 0 saturated heterocycles. The molecule has 5 heteroatoms. The first-order chi connectivity index (χ1) is 8.54. The highest BCUT2D eigenvalue weighted by atomic mass is 16.6. The minimum Gasteiger partial charge on any atom is -0.422 e. The third-order valence-corrected chi connectivity index (χ3v) is 2.81. The van der Waals surface area contributed by atoms with E-state index < -0.39 is 0 Å². The standard InChI is InChI=1S/C13H22N2O3/c1-4-5-8-15-10-9-14(3)13(15)18-12(17)7-6-11(2)16/h9-10,13H,4-8H2,1-3H3. The van der Waals surface area contributed by atoms with Crippen LogP contribution in [0.4, 0.5) is 0 Å². The number of nitrogens with zero attached hydrogens (tertiary/aromatic N) is 2. The Hall–Kier alpha value is -1.52. The number of Topliss-reactive ketones (excluding diaryl/α,β-unsaturated/α-hetero) is 1. The number of esters is 1. The van der Waals surface area contributed by atoms with Crippen LogP contribution in [0.2, 0.25) is 0 Å². The molecule has 1 heterocycles. The second-order valence-corrected chi connectivity index (χ2v) is 4.57. The van der Waals surface area contributed by atoms with Gasteiger partial charge >= 0.3 is 5.97 Å². The predicted molar refractivity (Wildman–Crippen MR) is 68.3 cm³/mol. The summed E-state index contributed by atoms with van der Waals surface area (Å²) in [4.78, 5) is 26.3. The summed E-state index contributed by atoms with van der Waals surface area (Å²) in [5.74, 6) is -0.320. The molecule has 18 heavy (non-hydrogen) atoms. The van der Waals surface area contributed by atoms with E-state index in [1.807, 2.05) is 29.2 Å². The van der Waals surface area contributed by atoms with Crippen molar-refractivity contribution in [2.45, 2.75) is 45.9 Å². The Morgan fingerprint density at radius 2 is 2.00 bits per heavy atom. The van der Waals surface area contributed by atoms with Crippen molar-refractivity contribution in [3.05, 3.63) is 12.4 Å². The molecule has 0 N–H and O–H groups in total. The maximum Gasteiger partial charge on any atom is 0.309 e. The number of carbonyl (C=O) groups excluding carboxylic acids is 2. The summed E-state index contributed by atoms with van der Waals surface area (Å²) >= 11 is 0. The topological polar surface area (TPSA) is 49.9 Å². The van der Waals surface area contributed by atoms with Crippen molar-refractivity contribution in [3.8, 4) is 0 Å². The molecule has 0 aromatic heterocycles. The van der Waals surface area contributed by atoms with Crippen LogP contribution in [-0.2, 0) is 14.3 Å². The van der Waals surface area contributed by atoms with Crippen LogP contribution in [0.25, 0.3) is 0 Å². The third-order valence-electron chi connectivity index (χ3n) is 2.81. The summed E-state index contributed by atoms with van der Waals surface area (Å²) in [5, 5.41) is 0. The van der Waals surface area contributed by atoms with E-state index in [0.29, 0.717) is 0 Å². The van der Waals surface area contributed by atoms with Gasteiger partial charge in [0.1, 0.15) is 5.78 Å². The first-order valence-corrected chi connectivity index (χ1v) is 6.39. The summed E-state index contributed by atoms with van der Waals surface area (Å²) in [5.41, 5.74) is 0. The van der Waals surface area contributed by atoms with E-state index in [9.17, 15) is 9.59 Å². The van der Waals surface area contributed by atoms with E-state index in [4.69, 9.17) is 4.74 Å². The van der Waals surface area contributed by atoms with E-state index >= 15 is 0 Å². The van der Waals surface area contributed by atoms with E-state index in [1.54, 1.807) is 0 Å². The number of hydrogen-bond acceptors (Lipinski definition) is 5. The van der Waals surface area contributed by atoms with Gasteiger partial charge in [-0.25, -0.2) is 0 Å². The fraction of sp³-hybridized carbons (Fsp3) is 0.692. The van der Waals surface area contributed by atoms with E-state index in [1.165, 1.54) is 6.92 Å². The van der Waals surface area contributed by atoms with Gasteiger partial charge in [0, 0.05) is 32.4 Å². The summed E-state index contributed by atoms with van der Waals surface area (Å²) in [6.45, 7) is 4.46. The van der Waals surface area contributed by atoms with Crippen LogP contribution in [-0.4, -0.2) is 41.5 Å². The Morgan fingerprint density at radius 3 is 2.61 bits per heavy atom. The van der Waals surface area contributed by atoms with Crippen LogP contribution < -0.4 is 0 Å². The minimum absolute atomic E-state index is 0.00712. The molecule has 0 aromatic rings. The number of carbonyl (C=O) groups is 2. The number of rotatable bonds is 7. The first-order valence-electron chi connectivity index (χ1n) is 6.39. The van der Waals surface area contributed by atoms with Gasteiger partial charge in [-0.2, -0.15) is 0 Å². The molecule has 0 aromatic carbocycles. The zero-order chi connectivity index (χ0) is 13.5. The zero-order valence-electron chi connectivity index (χ0n) is 11.4. The Labute approximate surface area is 108 Å². The van der Waals surface area contributed by atoms with Crippen LogP contribution in [0.3, 0.4) is 0 Å². The van der Waals surface area contributed by atoms with Gasteiger partial charge in [-0.05, 0) is 13.3 Å². The van der Waals surface area contributed by atoms with Crippen LogP contribution in [0, 0.1) is 0 Å². The number of unbranched alkanes of at least 4 members (excludes halogenated alkanes) is 1. The molecule has 0 amide bonds. The lowest BCUT2D eigenvalue weighted by Gasteiger charge is -2.29. The molecule has 1 rings (SSSR count). The van der Waals surface area contributed by atoms with Gasteiger partial charge < -0.3 is 19.3 Å². The number of ether oxygens (including phenoxy) is 1. The lowest BCUT2D eigenvalue weighted by molar-refractivity contribution is -0.167. The number of ketones is 1. The average molecular weight is 254 g/mol. The minimum atomic E-state index is -0.365. The molecular weight excluding hydrogens is 232 g/mol. The molecule has 1 atom stereocenters. The molecule has 0 aliphatic carbocycles. The monoisotopic (exact) mass is 254 g/mol. The van der Waals surface area contributed by atoms with Crippen molar-refractivity contribution >= 4 is 11.8 Å². The molecular formula is C13H22N2O3. The van der Waals surface area contributed by atoms with Crippen molar-refractivity contribution in [2.75, 3.05) is 13.6 Å². The van der Waals surface area contributed by atoms with Gasteiger partial charge in [-0.1, -0.05) is 13.3 Å². The maximum absolute atomic E-state index is 11.6. The maximum atomic E-state index is 11.6. The molecule has 0 fully saturated rings. The van der Waals surface area contributed by atoms with Crippen LogP contribution in [0.1, 0.15) is 39.5 Å². The second-order valence-electron chi connectivity index (χ2n) is 4.57. The zero-order valence-corrected chi connectivity index (χ0v) is 11.4.